The highest BCUT2D eigenvalue weighted by Crippen LogP contribution is 2.26. The van der Waals surface area contributed by atoms with E-state index < -0.39 is 12.0 Å². The summed E-state index contributed by atoms with van der Waals surface area (Å²) >= 11 is 0. The van der Waals surface area contributed by atoms with Crippen LogP contribution in [-0.4, -0.2) is 27.6 Å². The number of nitrogens with one attached hydrogen (secondary N) is 1. The molecule has 3 rings (SSSR count). The second-order valence-electron chi connectivity index (χ2n) is 5.61. The Balaban J connectivity index is 1.59. The van der Waals surface area contributed by atoms with Crippen LogP contribution in [0.15, 0.2) is 22.7 Å². The van der Waals surface area contributed by atoms with Crippen LogP contribution in [0.25, 0.3) is 0 Å². The molecule has 0 bridgehead atoms. The van der Waals surface area contributed by atoms with Gasteiger partial charge in [0.05, 0.1) is 6.54 Å². The SMILES string of the molecule is Cc1ccc2c(c1)CN(C(=O)NCc1nc(C(F)(F)F)no1)CC2. The Labute approximate surface area is 135 Å². The van der Waals surface area contributed by atoms with Gasteiger partial charge in [0.1, 0.15) is 0 Å². The molecule has 0 spiro atoms. The molecule has 2 amide bonds. The summed E-state index contributed by atoms with van der Waals surface area (Å²) in [5.74, 6) is -1.64. The molecule has 1 aliphatic rings. The van der Waals surface area contributed by atoms with Crippen LogP contribution in [0.5, 0.6) is 0 Å². The van der Waals surface area contributed by atoms with E-state index in [9.17, 15) is 18.0 Å². The zero-order chi connectivity index (χ0) is 17.3. The summed E-state index contributed by atoms with van der Waals surface area (Å²) in [6.07, 6.45) is -3.93. The third-order valence-corrected chi connectivity index (χ3v) is 3.77. The number of aryl methyl sites for hydroxylation is 1. The van der Waals surface area contributed by atoms with Crippen molar-refractivity contribution in [3.63, 3.8) is 0 Å². The maximum Gasteiger partial charge on any atom is 0.455 e. The molecule has 1 aromatic carbocycles. The van der Waals surface area contributed by atoms with Crippen LogP contribution in [0, 0.1) is 6.92 Å². The standard InChI is InChI=1S/C15H15F3N4O2/c1-9-2-3-10-4-5-22(8-11(10)6-9)14(23)19-7-12-20-13(21-24-12)15(16,17)18/h2-3,6H,4-5,7-8H2,1H3,(H,19,23). The van der Waals surface area contributed by atoms with E-state index in [0.717, 1.165) is 17.5 Å². The van der Waals surface area contributed by atoms with Gasteiger partial charge in [0, 0.05) is 13.1 Å². The maximum atomic E-state index is 12.4. The molecule has 1 aliphatic heterocycles. The zero-order valence-electron chi connectivity index (χ0n) is 12.9. The normalized spacial score (nSPS) is 14.4. The van der Waals surface area contributed by atoms with E-state index in [4.69, 9.17) is 0 Å². The van der Waals surface area contributed by atoms with E-state index in [1.54, 1.807) is 4.90 Å². The predicted octanol–water partition coefficient (Wildman–Crippen LogP) is 2.66. The lowest BCUT2D eigenvalue weighted by Crippen LogP contribution is -2.42. The maximum absolute atomic E-state index is 12.4. The van der Waals surface area contributed by atoms with E-state index >= 15 is 0 Å². The first kappa shape index (κ1) is 16.3. The lowest BCUT2D eigenvalue weighted by atomic mass is 9.98. The first-order valence-corrected chi connectivity index (χ1v) is 7.34. The van der Waals surface area contributed by atoms with Crippen molar-refractivity contribution in [3.8, 4) is 0 Å². The number of carbonyl (C=O) groups is 1. The van der Waals surface area contributed by atoms with Gasteiger partial charge in [-0.05, 0) is 24.5 Å². The molecule has 0 radical (unpaired) electrons. The highest BCUT2D eigenvalue weighted by Gasteiger charge is 2.37. The number of aromatic nitrogens is 2. The minimum absolute atomic E-state index is 0.251. The molecule has 2 aromatic rings. The molecule has 6 nitrogen and oxygen atoms in total. The number of nitrogens with zero attached hydrogens (tertiary/aromatic N) is 3. The van der Waals surface area contributed by atoms with Crippen LogP contribution in [-0.2, 0) is 25.7 Å². The number of urea groups is 1. The number of rotatable bonds is 2. The summed E-state index contributed by atoms with van der Waals surface area (Å²) in [4.78, 5) is 17.0. The van der Waals surface area contributed by atoms with E-state index in [-0.39, 0.29) is 18.5 Å². The van der Waals surface area contributed by atoms with Crippen molar-refractivity contribution in [2.75, 3.05) is 6.54 Å². The average molecular weight is 340 g/mol. The van der Waals surface area contributed by atoms with Crippen LogP contribution >= 0.6 is 0 Å². The van der Waals surface area contributed by atoms with E-state index in [1.165, 1.54) is 5.56 Å². The Kier molecular flexibility index (Phi) is 4.16. The van der Waals surface area contributed by atoms with Crippen molar-refractivity contribution >= 4 is 6.03 Å². The van der Waals surface area contributed by atoms with Gasteiger partial charge in [0.15, 0.2) is 0 Å². The van der Waals surface area contributed by atoms with Gasteiger partial charge in [-0.1, -0.05) is 28.9 Å². The molecule has 1 N–H and O–H groups in total. The number of hydrogen-bond acceptors (Lipinski definition) is 4. The number of alkyl halides is 3. The monoisotopic (exact) mass is 340 g/mol. The van der Waals surface area contributed by atoms with Crippen molar-refractivity contribution in [1.29, 1.82) is 0 Å². The first-order valence-electron chi connectivity index (χ1n) is 7.34. The first-order chi connectivity index (χ1) is 11.3. The molecule has 0 saturated heterocycles. The minimum Gasteiger partial charge on any atom is -0.337 e. The van der Waals surface area contributed by atoms with Gasteiger partial charge < -0.3 is 14.7 Å². The van der Waals surface area contributed by atoms with Crippen molar-refractivity contribution < 1.29 is 22.5 Å². The average Bonchev–Trinajstić information content (AvgIpc) is 3.01. The van der Waals surface area contributed by atoms with Gasteiger partial charge in [-0.3, -0.25) is 0 Å². The summed E-state index contributed by atoms with van der Waals surface area (Å²) in [5, 5.41) is 5.34. The second-order valence-corrected chi connectivity index (χ2v) is 5.61. The topological polar surface area (TPSA) is 71.3 Å². The predicted molar refractivity (Wildman–Crippen MR) is 76.8 cm³/mol. The van der Waals surface area contributed by atoms with Gasteiger partial charge in [-0.15, -0.1) is 0 Å². The Bertz CT molecular complexity index is 757. The van der Waals surface area contributed by atoms with Crippen LogP contribution in [0.4, 0.5) is 18.0 Å². The van der Waals surface area contributed by atoms with Gasteiger partial charge in [0.2, 0.25) is 5.89 Å². The number of hydrogen-bond donors (Lipinski definition) is 1. The lowest BCUT2D eigenvalue weighted by molar-refractivity contribution is -0.146. The Morgan fingerprint density at radius 1 is 1.38 bits per heavy atom. The second kappa shape index (κ2) is 6.14. The molecule has 0 unspecified atom stereocenters. The van der Waals surface area contributed by atoms with Crippen LogP contribution in [0.1, 0.15) is 28.4 Å². The smallest absolute Gasteiger partial charge is 0.337 e. The van der Waals surface area contributed by atoms with E-state index in [1.807, 2.05) is 19.1 Å². The Hall–Kier alpha value is -2.58. The summed E-state index contributed by atoms with van der Waals surface area (Å²) in [5.41, 5.74) is 3.39. The van der Waals surface area contributed by atoms with Gasteiger partial charge in [0.25, 0.3) is 5.82 Å². The number of fused-ring (bicyclic) bond motifs is 1. The molecule has 0 saturated carbocycles. The minimum atomic E-state index is -4.67. The molecule has 0 fully saturated rings. The summed E-state index contributed by atoms with van der Waals surface area (Å²) < 4.78 is 41.6. The highest BCUT2D eigenvalue weighted by molar-refractivity contribution is 5.74. The van der Waals surface area contributed by atoms with Crippen LogP contribution in [0.2, 0.25) is 0 Å². The molecular formula is C15H15F3N4O2. The van der Waals surface area contributed by atoms with E-state index in [2.05, 4.69) is 26.0 Å². The van der Waals surface area contributed by atoms with E-state index in [0.29, 0.717) is 13.1 Å². The van der Waals surface area contributed by atoms with Crippen LogP contribution in [0.3, 0.4) is 0 Å². The number of carbonyl (C=O) groups excluding carboxylic acids is 1. The van der Waals surface area contributed by atoms with Crippen molar-refractivity contribution in [3.05, 3.63) is 46.6 Å². The third-order valence-electron chi connectivity index (χ3n) is 3.77. The number of halogens is 3. The molecule has 2 heterocycles. The van der Waals surface area contributed by atoms with Gasteiger partial charge >= 0.3 is 12.2 Å². The molecular weight excluding hydrogens is 325 g/mol. The fourth-order valence-corrected chi connectivity index (χ4v) is 2.56. The lowest BCUT2D eigenvalue weighted by Gasteiger charge is -2.29. The fraction of sp³-hybridized carbons (Fsp3) is 0.400. The highest BCUT2D eigenvalue weighted by atomic mass is 19.4. The Morgan fingerprint density at radius 3 is 2.88 bits per heavy atom. The summed E-state index contributed by atoms with van der Waals surface area (Å²) in [6, 6.07) is 5.73. The molecule has 24 heavy (non-hydrogen) atoms. The fourth-order valence-electron chi connectivity index (χ4n) is 2.56. The molecule has 0 atom stereocenters. The van der Waals surface area contributed by atoms with Crippen molar-refractivity contribution in [2.24, 2.45) is 0 Å². The quantitative estimate of drug-likeness (QED) is 0.912. The van der Waals surface area contributed by atoms with Gasteiger partial charge in [-0.25, -0.2) is 4.79 Å². The molecule has 0 aliphatic carbocycles. The third kappa shape index (κ3) is 3.50. The van der Waals surface area contributed by atoms with Crippen molar-refractivity contribution in [1.82, 2.24) is 20.4 Å². The molecule has 1 aromatic heterocycles. The Morgan fingerprint density at radius 2 is 2.17 bits per heavy atom. The zero-order valence-corrected chi connectivity index (χ0v) is 12.9. The van der Waals surface area contributed by atoms with Gasteiger partial charge in [-0.2, -0.15) is 18.2 Å². The van der Waals surface area contributed by atoms with Crippen molar-refractivity contribution in [2.45, 2.75) is 32.6 Å². The molecule has 9 heteroatoms. The van der Waals surface area contributed by atoms with Crippen LogP contribution < -0.4 is 5.32 Å². The largest absolute Gasteiger partial charge is 0.455 e. The molecule has 128 valence electrons. The number of benzene rings is 1. The number of amides is 2. The summed E-state index contributed by atoms with van der Waals surface area (Å²) in [6.45, 7) is 2.73. The summed E-state index contributed by atoms with van der Waals surface area (Å²) in [7, 11) is 0.